The molecule has 3 rings (SSSR count). The number of nitrogens with zero attached hydrogens (tertiary/aromatic N) is 2. The molecule has 1 aromatic heterocycles. The van der Waals surface area contributed by atoms with Crippen LogP contribution < -0.4 is 10.0 Å². The van der Waals surface area contributed by atoms with E-state index in [2.05, 4.69) is 25.0 Å². The van der Waals surface area contributed by atoms with Gasteiger partial charge in [-0.05, 0) is 40.6 Å². The fraction of sp³-hybridized carbons (Fsp3) is 0.133. The Morgan fingerprint density at radius 3 is 2.69 bits per heavy atom. The second kappa shape index (κ2) is 7.58. The van der Waals surface area contributed by atoms with Gasteiger partial charge < -0.3 is 5.32 Å². The van der Waals surface area contributed by atoms with Crippen LogP contribution in [0.25, 0.3) is 11.0 Å². The SMILES string of the molecule is O=C(NCCNS(=O)(=O)c1cccc2nonc12)c1ccc(Cl)cc1Cl. The monoisotopic (exact) mass is 414 g/mol. The summed E-state index contributed by atoms with van der Waals surface area (Å²) in [5.74, 6) is -0.436. The number of amides is 1. The number of nitrogens with one attached hydrogen (secondary N) is 2. The number of sulfonamides is 1. The molecule has 2 aromatic carbocycles. The molecule has 0 aliphatic carbocycles. The maximum atomic E-state index is 12.4. The molecule has 8 nitrogen and oxygen atoms in total. The molecule has 1 heterocycles. The summed E-state index contributed by atoms with van der Waals surface area (Å²) < 4.78 is 31.7. The lowest BCUT2D eigenvalue weighted by molar-refractivity contribution is 0.0954. The van der Waals surface area contributed by atoms with Gasteiger partial charge in [0.05, 0.1) is 10.6 Å². The lowest BCUT2D eigenvalue weighted by Gasteiger charge is -2.09. The molecule has 1 amide bonds. The van der Waals surface area contributed by atoms with Crippen LogP contribution in [0, 0.1) is 0 Å². The first-order valence-corrected chi connectivity index (χ1v) is 9.56. The summed E-state index contributed by atoms with van der Waals surface area (Å²) in [6.45, 7) is 0.0327. The maximum absolute atomic E-state index is 12.4. The Kier molecular flexibility index (Phi) is 5.42. The van der Waals surface area contributed by atoms with Gasteiger partial charge in [-0.1, -0.05) is 29.3 Å². The number of carbonyl (C=O) groups excluding carboxylic acids is 1. The van der Waals surface area contributed by atoms with Gasteiger partial charge in [0, 0.05) is 18.1 Å². The highest BCUT2D eigenvalue weighted by molar-refractivity contribution is 7.89. The lowest BCUT2D eigenvalue weighted by Crippen LogP contribution is -2.34. The molecular formula is C15H12Cl2N4O4S. The van der Waals surface area contributed by atoms with Crippen molar-refractivity contribution in [2.24, 2.45) is 0 Å². The van der Waals surface area contributed by atoms with E-state index in [1.807, 2.05) is 0 Å². The molecule has 0 unspecified atom stereocenters. The Hall–Kier alpha value is -2.20. The lowest BCUT2D eigenvalue weighted by atomic mass is 10.2. The van der Waals surface area contributed by atoms with E-state index in [0.717, 1.165) is 0 Å². The van der Waals surface area contributed by atoms with E-state index in [4.69, 9.17) is 23.2 Å². The zero-order valence-electron chi connectivity index (χ0n) is 13.1. The van der Waals surface area contributed by atoms with Crippen LogP contribution in [0.5, 0.6) is 0 Å². The van der Waals surface area contributed by atoms with Crippen LogP contribution in [0.3, 0.4) is 0 Å². The molecule has 3 aromatic rings. The van der Waals surface area contributed by atoms with Gasteiger partial charge in [0.2, 0.25) is 10.0 Å². The largest absolute Gasteiger partial charge is 0.351 e. The van der Waals surface area contributed by atoms with E-state index in [-0.39, 0.29) is 34.1 Å². The number of rotatable bonds is 6. The fourth-order valence-electron chi connectivity index (χ4n) is 2.21. The number of benzene rings is 2. The van der Waals surface area contributed by atoms with Gasteiger partial charge in [0.15, 0.2) is 5.52 Å². The second-order valence-electron chi connectivity index (χ2n) is 5.17. The Labute approximate surface area is 158 Å². The summed E-state index contributed by atoms with van der Waals surface area (Å²) in [7, 11) is -3.84. The summed E-state index contributed by atoms with van der Waals surface area (Å²) in [5.41, 5.74) is 0.716. The summed E-state index contributed by atoms with van der Waals surface area (Å²) >= 11 is 11.7. The van der Waals surface area contributed by atoms with Crippen molar-refractivity contribution >= 4 is 50.2 Å². The molecule has 0 aliphatic heterocycles. The van der Waals surface area contributed by atoms with Crippen molar-refractivity contribution in [3.05, 3.63) is 52.0 Å². The van der Waals surface area contributed by atoms with Crippen molar-refractivity contribution in [3.63, 3.8) is 0 Å². The maximum Gasteiger partial charge on any atom is 0.252 e. The van der Waals surface area contributed by atoms with Crippen molar-refractivity contribution in [1.82, 2.24) is 20.4 Å². The molecule has 0 atom stereocenters. The molecule has 0 saturated carbocycles. The van der Waals surface area contributed by atoms with E-state index >= 15 is 0 Å². The molecule has 0 aliphatic rings. The number of hydrogen-bond donors (Lipinski definition) is 2. The summed E-state index contributed by atoms with van der Waals surface area (Å²) in [6, 6.07) is 8.99. The van der Waals surface area contributed by atoms with E-state index in [9.17, 15) is 13.2 Å². The van der Waals surface area contributed by atoms with Gasteiger partial charge in [0.1, 0.15) is 10.4 Å². The third kappa shape index (κ3) is 3.96. The average Bonchev–Trinajstić information content (AvgIpc) is 3.07. The van der Waals surface area contributed by atoms with Crippen molar-refractivity contribution in [3.8, 4) is 0 Å². The molecule has 0 fully saturated rings. The Morgan fingerprint density at radius 1 is 1.12 bits per heavy atom. The minimum Gasteiger partial charge on any atom is -0.351 e. The predicted octanol–water partition coefficient (Wildman–Crippen LogP) is 2.24. The standard InChI is InChI=1S/C15H12Cl2N4O4S/c16-9-4-5-10(11(17)8-9)15(22)18-6-7-19-26(23,24)13-3-1-2-12-14(13)21-25-20-12/h1-5,8,19H,6-7H2,(H,18,22). The van der Waals surface area contributed by atoms with Crippen LogP contribution in [-0.4, -0.2) is 37.7 Å². The number of halogens is 2. The highest BCUT2D eigenvalue weighted by Crippen LogP contribution is 2.21. The van der Waals surface area contributed by atoms with Crippen LogP contribution in [0.15, 0.2) is 45.9 Å². The van der Waals surface area contributed by atoms with E-state index in [1.165, 1.54) is 30.3 Å². The predicted molar refractivity (Wildman–Crippen MR) is 95.8 cm³/mol. The van der Waals surface area contributed by atoms with Crippen LogP contribution in [0.1, 0.15) is 10.4 Å². The van der Waals surface area contributed by atoms with Gasteiger partial charge >= 0.3 is 0 Å². The summed E-state index contributed by atoms with van der Waals surface area (Å²) in [6.07, 6.45) is 0. The molecule has 0 saturated heterocycles. The first kappa shape index (κ1) is 18.6. The molecule has 136 valence electrons. The van der Waals surface area contributed by atoms with Crippen LogP contribution >= 0.6 is 23.2 Å². The number of fused-ring (bicyclic) bond motifs is 1. The molecule has 0 bridgehead atoms. The second-order valence-corrected chi connectivity index (χ2v) is 7.74. The molecular weight excluding hydrogens is 403 g/mol. The topological polar surface area (TPSA) is 114 Å². The van der Waals surface area contributed by atoms with Crippen molar-refractivity contribution in [2.45, 2.75) is 4.90 Å². The van der Waals surface area contributed by atoms with Crippen molar-refractivity contribution in [1.29, 1.82) is 0 Å². The molecule has 2 N–H and O–H groups in total. The quantitative estimate of drug-likeness (QED) is 0.597. The van der Waals surface area contributed by atoms with Crippen molar-refractivity contribution in [2.75, 3.05) is 13.1 Å². The van der Waals surface area contributed by atoms with Crippen LogP contribution in [-0.2, 0) is 10.0 Å². The van der Waals surface area contributed by atoms with Crippen LogP contribution in [0.2, 0.25) is 10.0 Å². The first-order valence-electron chi connectivity index (χ1n) is 7.33. The normalized spacial score (nSPS) is 11.6. The Morgan fingerprint density at radius 2 is 1.92 bits per heavy atom. The number of carbonyl (C=O) groups is 1. The van der Waals surface area contributed by atoms with Crippen molar-refractivity contribution < 1.29 is 17.8 Å². The van der Waals surface area contributed by atoms with Gasteiger partial charge in [-0.2, -0.15) is 0 Å². The Balaban J connectivity index is 1.61. The number of aromatic nitrogens is 2. The van der Waals surface area contributed by atoms with Gasteiger partial charge in [0.25, 0.3) is 5.91 Å². The third-order valence-electron chi connectivity index (χ3n) is 3.42. The number of hydrogen-bond acceptors (Lipinski definition) is 6. The van der Waals surface area contributed by atoms with Gasteiger partial charge in [-0.25, -0.2) is 17.8 Å². The van der Waals surface area contributed by atoms with E-state index < -0.39 is 15.9 Å². The average molecular weight is 415 g/mol. The fourth-order valence-corrected chi connectivity index (χ4v) is 3.88. The summed E-state index contributed by atoms with van der Waals surface area (Å²) in [5, 5.41) is 10.4. The van der Waals surface area contributed by atoms with Crippen LogP contribution in [0.4, 0.5) is 0 Å². The third-order valence-corrected chi connectivity index (χ3v) is 5.46. The molecule has 0 spiro atoms. The highest BCUT2D eigenvalue weighted by atomic mass is 35.5. The minimum atomic E-state index is -3.84. The van der Waals surface area contributed by atoms with Gasteiger partial charge in [-0.15, -0.1) is 0 Å². The first-order chi connectivity index (χ1) is 12.4. The summed E-state index contributed by atoms with van der Waals surface area (Å²) in [4.78, 5) is 12.0. The van der Waals surface area contributed by atoms with Gasteiger partial charge in [-0.3, -0.25) is 4.79 Å². The smallest absolute Gasteiger partial charge is 0.252 e. The molecule has 11 heteroatoms. The Bertz CT molecular complexity index is 1070. The van der Waals surface area contributed by atoms with E-state index in [0.29, 0.717) is 10.5 Å². The zero-order valence-corrected chi connectivity index (χ0v) is 15.4. The minimum absolute atomic E-state index is 0.0268. The zero-order chi connectivity index (χ0) is 18.7. The molecule has 0 radical (unpaired) electrons. The van der Waals surface area contributed by atoms with E-state index in [1.54, 1.807) is 6.07 Å². The highest BCUT2D eigenvalue weighted by Gasteiger charge is 2.20. The molecule has 26 heavy (non-hydrogen) atoms.